The van der Waals surface area contributed by atoms with Crippen LogP contribution in [0.15, 0.2) is 54.6 Å². The quantitative estimate of drug-likeness (QED) is 0.337. The van der Waals surface area contributed by atoms with Crippen LogP contribution in [0.4, 0.5) is 0 Å². The molecule has 0 saturated heterocycles. The first-order valence-corrected chi connectivity index (χ1v) is 13.1. The van der Waals surface area contributed by atoms with E-state index in [0.29, 0.717) is 23.3 Å². The summed E-state index contributed by atoms with van der Waals surface area (Å²) in [5.74, 6) is -0.146. The third kappa shape index (κ3) is 4.96. The van der Waals surface area contributed by atoms with E-state index in [9.17, 15) is 14.2 Å². The van der Waals surface area contributed by atoms with Gasteiger partial charge in [-0.15, -0.1) is 11.8 Å². The number of amides is 2. The normalized spacial score (nSPS) is 15.8. The molecule has 0 aliphatic carbocycles. The maximum absolute atomic E-state index is 13.6. The Kier molecular flexibility index (Phi) is 7.76. The van der Waals surface area contributed by atoms with Gasteiger partial charge in [0.25, 0.3) is 11.8 Å². The monoisotopic (exact) mass is 461 g/mol. The summed E-state index contributed by atoms with van der Waals surface area (Å²) in [6.07, 6.45) is 0.252. The first-order chi connectivity index (χ1) is 14.9. The summed E-state index contributed by atoms with van der Waals surface area (Å²) < 4.78 is 24.8. The molecule has 6 nitrogen and oxygen atoms in total. The smallest absolute Gasteiger partial charge is 0.309 e. The van der Waals surface area contributed by atoms with Gasteiger partial charge in [0.05, 0.1) is 30.5 Å². The third-order valence-corrected chi connectivity index (χ3v) is 8.75. The lowest BCUT2D eigenvalue weighted by Crippen LogP contribution is -2.53. The van der Waals surface area contributed by atoms with E-state index in [1.165, 1.54) is 16.7 Å². The third-order valence-electron chi connectivity index (χ3n) is 5.03. The summed E-state index contributed by atoms with van der Waals surface area (Å²) in [6.45, 7) is 5.86. The Morgan fingerprint density at radius 2 is 1.39 bits per heavy atom. The highest BCUT2D eigenvalue weighted by Crippen LogP contribution is 2.55. The zero-order chi connectivity index (χ0) is 22.5. The number of carbonyl (C=O) groups is 2. The van der Waals surface area contributed by atoms with Gasteiger partial charge in [-0.05, 0) is 37.3 Å². The van der Waals surface area contributed by atoms with Gasteiger partial charge in [0.2, 0.25) is 0 Å². The maximum Gasteiger partial charge on any atom is 0.333 e. The number of benzene rings is 2. The van der Waals surface area contributed by atoms with Crippen molar-refractivity contribution in [3.05, 3.63) is 71.3 Å². The van der Waals surface area contributed by atoms with Crippen LogP contribution >= 0.6 is 19.4 Å². The van der Waals surface area contributed by atoms with Crippen molar-refractivity contribution in [3.63, 3.8) is 0 Å². The molecule has 8 heteroatoms. The van der Waals surface area contributed by atoms with Crippen LogP contribution in [0.2, 0.25) is 0 Å². The molecule has 2 aromatic carbocycles. The van der Waals surface area contributed by atoms with Crippen molar-refractivity contribution < 1.29 is 23.2 Å². The van der Waals surface area contributed by atoms with E-state index in [1.807, 2.05) is 37.3 Å². The molecule has 1 unspecified atom stereocenters. The second-order valence-corrected chi connectivity index (χ2v) is 10.8. The van der Waals surface area contributed by atoms with Gasteiger partial charge in [-0.2, -0.15) is 0 Å². The SMILES string of the molecule is CCOP(=O)(CC(Cc1ccccc1)(SCC)N1C(=O)c2ccccc2C1=O)OCC. The van der Waals surface area contributed by atoms with Gasteiger partial charge in [-0.1, -0.05) is 49.4 Å². The molecule has 0 spiro atoms. The summed E-state index contributed by atoms with van der Waals surface area (Å²) in [6, 6.07) is 16.4. The van der Waals surface area contributed by atoms with Crippen molar-refractivity contribution in [1.82, 2.24) is 4.90 Å². The zero-order valence-corrected chi connectivity index (χ0v) is 19.8. The standard InChI is InChI=1S/C23H28NO5PS/c1-4-28-30(27,29-5-2)17-23(31-6-3,16-18-12-8-7-9-13-18)24-21(25)19-14-10-11-15-20(19)22(24)26/h7-15H,4-6,16-17H2,1-3H3. The van der Waals surface area contributed by atoms with Gasteiger partial charge < -0.3 is 9.05 Å². The van der Waals surface area contributed by atoms with Gasteiger partial charge in [-0.25, -0.2) is 0 Å². The summed E-state index contributed by atoms with van der Waals surface area (Å²) in [4.78, 5) is 27.0. The molecule has 1 atom stereocenters. The number of thioether (sulfide) groups is 1. The minimum atomic E-state index is -3.58. The number of hydrogen-bond acceptors (Lipinski definition) is 6. The van der Waals surface area contributed by atoms with E-state index in [4.69, 9.17) is 9.05 Å². The molecule has 166 valence electrons. The Hall–Kier alpha value is -1.92. The van der Waals surface area contributed by atoms with E-state index >= 15 is 0 Å². The van der Waals surface area contributed by atoms with Gasteiger partial charge in [0.15, 0.2) is 0 Å². The molecule has 1 heterocycles. The maximum atomic E-state index is 13.6. The van der Waals surface area contributed by atoms with Crippen LogP contribution in [0, 0.1) is 0 Å². The molecule has 0 bridgehead atoms. The van der Waals surface area contributed by atoms with Gasteiger partial charge in [0, 0.05) is 6.42 Å². The van der Waals surface area contributed by atoms with Gasteiger partial charge in [-0.3, -0.25) is 19.1 Å². The van der Waals surface area contributed by atoms with Crippen LogP contribution in [-0.2, 0) is 20.0 Å². The first kappa shape index (κ1) is 23.7. The van der Waals surface area contributed by atoms with Crippen LogP contribution in [0.3, 0.4) is 0 Å². The highest BCUT2D eigenvalue weighted by molar-refractivity contribution is 8.00. The molecule has 1 aliphatic rings. The molecule has 3 rings (SSSR count). The van der Waals surface area contributed by atoms with Crippen LogP contribution in [0.5, 0.6) is 0 Å². The fraction of sp³-hybridized carbons (Fsp3) is 0.391. The van der Waals surface area contributed by atoms with Crippen molar-refractivity contribution in [2.45, 2.75) is 32.1 Å². The fourth-order valence-electron chi connectivity index (χ4n) is 3.93. The lowest BCUT2D eigenvalue weighted by molar-refractivity contribution is 0.0563. The van der Waals surface area contributed by atoms with Crippen LogP contribution in [0.25, 0.3) is 0 Å². The number of carbonyl (C=O) groups excluding carboxylic acids is 2. The largest absolute Gasteiger partial charge is 0.333 e. The van der Waals surface area contributed by atoms with E-state index in [1.54, 1.807) is 38.1 Å². The molecular weight excluding hydrogens is 433 g/mol. The lowest BCUT2D eigenvalue weighted by atomic mass is 10.1. The molecular formula is C23H28NO5PS. The van der Waals surface area contributed by atoms with Gasteiger partial charge in [0.1, 0.15) is 4.87 Å². The Bertz CT molecular complexity index is 938. The molecule has 0 aromatic heterocycles. The fourth-order valence-corrected chi connectivity index (χ4v) is 7.78. The van der Waals surface area contributed by atoms with Crippen molar-refractivity contribution in [2.24, 2.45) is 0 Å². The number of rotatable bonds is 11. The Balaban J connectivity index is 2.14. The highest BCUT2D eigenvalue weighted by atomic mass is 32.2. The number of nitrogens with zero attached hydrogens (tertiary/aromatic N) is 1. The molecule has 2 aromatic rings. The predicted molar refractivity (Wildman–Crippen MR) is 124 cm³/mol. The second kappa shape index (κ2) is 10.1. The zero-order valence-electron chi connectivity index (χ0n) is 18.1. The topological polar surface area (TPSA) is 72.9 Å². The van der Waals surface area contributed by atoms with E-state index < -0.39 is 12.5 Å². The van der Waals surface area contributed by atoms with E-state index in [0.717, 1.165) is 5.56 Å². The minimum absolute atomic E-state index is 0.0828. The molecule has 0 fully saturated rings. The van der Waals surface area contributed by atoms with E-state index in [2.05, 4.69) is 0 Å². The minimum Gasteiger partial charge on any atom is -0.309 e. The van der Waals surface area contributed by atoms with E-state index in [-0.39, 0.29) is 31.2 Å². The molecule has 0 N–H and O–H groups in total. The molecule has 31 heavy (non-hydrogen) atoms. The number of hydrogen-bond donors (Lipinski definition) is 0. The molecule has 0 saturated carbocycles. The van der Waals surface area contributed by atoms with Crippen molar-refractivity contribution in [1.29, 1.82) is 0 Å². The molecule has 1 aliphatic heterocycles. The number of fused-ring (bicyclic) bond motifs is 1. The summed E-state index contributed by atoms with van der Waals surface area (Å²) >= 11 is 1.42. The van der Waals surface area contributed by atoms with Crippen molar-refractivity contribution in [3.8, 4) is 0 Å². The Morgan fingerprint density at radius 3 is 1.87 bits per heavy atom. The first-order valence-electron chi connectivity index (χ1n) is 10.4. The summed E-state index contributed by atoms with van der Waals surface area (Å²) in [5, 5.41) is 0. The molecule has 0 radical (unpaired) electrons. The van der Waals surface area contributed by atoms with Gasteiger partial charge >= 0.3 is 7.60 Å². The predicted octanol–water partition coefficient (Wildman–Crippen LogP) is 5.24. The lowest BCUT2D eigenvalue weighted by Gasteiger charge is -2.41. The van der Waals surface area contributed by atoms with Crippen LogP contribution in [-0.4, -0.2) is 46.7 Å². The average Bonchev–Trinajstić information content (AvgIpc) is 3.00. The second-order valence-electron chi connectivity index (χ2n) is 7.14. The summed E-state index contributed by atoms with van der Waals surface area (Å²) in [5.41, 5.74) is 1.66. The average molecular weight is 462 g/mol. The van der Waals surface area contributed by atoms with Crippen molar-refractivity contribution >= 4 is 31.2 Å². The van der Waals surface area contributed by atoms with Crippen molar-refractivity contribution in [2.75, 3.05) is 25.1 Å². The van der Waals surface area contributed by atoms with Crippen LogP contribution in [0.1, 0.15) is 47.1 Å². The highest BCUT2D eigenvalue weighted by Gasteiger charge is 2.53. The molecule has 2 amide bonds. The Labute approximate surface area is 187 Å². The van der Waals surface area contributed by atoms with Crippen LogP contribution < -0.4 is 0 Å². The Morgan fingerprint density at radius 1 is 0.871 bits per heavy atom. The summed E-state index contributed by atoms with van der Waals surface area (Å²) in [7, 11) is -3.58. The number of imide groups is 1.